The predicted octanol–water partition coefficient (Wildman–Crippen LogP) is 4.36. The quantitative estimate of drug-likeness (QED) is 0.714. The van der Waals surface area contributed by atoms with Gasteiger partial charge in [-0.3, -0.25) is 5.10 Å². The van der Waals surface area contributed by atoms with Gasteiger partial charge in [-0.15, -0.1) is 11.3 Å². The molecule has 0 aliphatic heterocycles. The molecule has 8 heteroatoms. The van der Waals surface area contributed by atoms with Gasteiger partial charge in [-0.1, -0.05) is 6.07 Å². The van der Waals surface area contributed by atoms with Crippen LogP contribution in [0.1, 0.15) is 5.56 Å². The number of nitrogens with zero attached hydrogens (tertiary/aromatic N) is 2. The third kappa shape index (κ3) is 2.66. The molecule has 0 radical (unpaired) electrons. The lowest BCUT2D eigenvalue weighted by molar-refractivity contribution is -0.139. The molecular weight excluding hydrogens is 306 g/mol. The van der Waals surface area contributed by atoms with E-state index >= 15 is 0 Å². The van der Waals surface area contributed by atoms with E-state index < -0.39 is 17.6 Å². The van der Waals surface area contributed by atoms with E-state index in [0.29, 0.717) is 11.9 Å². The maximum atomic E-state index is 13.2. The second-order valence-electron chi connectivity index (χ2n) is 4.18. The summed E-state index contributed by atoms with van der Waals surface area (Å²) in [5, 5.41) is 8.37. The van der Waals surface area contributed by atoms with Gasteiger partial charge >= 0.3 is 6.18 Å². The van der Waals surface area contributed by atoms with Crippen LogP contribution in [0.3, 0.4) is 0 Å². The Morgan fingerprint density at radius 3 is 2.62 bits per heavy atom. The van der Waals surface area contributed by atoms with Crippen molar-refractivity contribution in [1.29, 1.82) is 0 Å². The Morgan fingerprint density at radius 1 is 1.14 bits per heavy atom. The molecule has 3 rings (SSSR count). The Kier molecular flexibility index (Phi) is 3.25. The summed E-state index contributed by atoms with van der Waals surface area (Å²) in [6, 6.07) is 6.31. The molecule has 0 saturated carbocycles. The summed E-state index contributed by atoms with van der Waals surface area (Å²) in [6.45, 7) is 0. The summed E-state index contributed by atoms with van der Waals surface area (Å²) >= 11 is 1.42. The topological polar surface area (TPSA) is 41.6 Å². The molecule has 3 nitrogen and oxygen atoms in total. The van der Waals surface area contributed by atoms with Gasteiger partial charge in [0.15, 0.2) is 11.6 Å². The molecule has 0 saturated heterocycles. The smallest absolute Gasteiger partial charge is 0.258 e. The molecule has 3 aromatic rings. The highest BCUT2D eigenvalue weighted by Gasteiger charge is 2.34. The van der Waals surface area contributed by atoms with Gasteiger partial charge in [0.1, 0.15) is 5.82 Å². The van der Waals surface area contributed by atoms with Gasteiger partial charge < -0.3 is 0 Å². The Hall–Kier alpha value is -2.22. The highest BCUT2D eigenvalue weighted by atomic mass is 32.1. The average molecular weight is 313 g/mol. The summed E-state index contributed by atoms with van der Waals surface area (Å²) in [7, 11) is 0. The van der Waals surface area contributed by atoms with Crippen LogP contribution in [0, 0.1) is 5.82 Å². The van der Waals surface area contributed by atoms with E-state index in [1.165, 1.54) is 17.4 Å². The van der Waals surface area contributed by atoms with Crippen molar-refractivity contribution in [2.45, 2.75) is 6.18 Å². The van der Waals surface area contributed by atoms with Gasteiger partial charge in [-0.05, 0) is 29.6 Å². The molecule has 0 bridgehead atoms. The number of nitrogens with one attached hydrogen (secondary N) is 1. The van der Waals surface area contributed by atoms with Gasteiger partial charge in [-0.25, -0.2) is 9.37 Å². The SMILES string of the molecule is Fc1ccc(-c2n[nH]c(-c3cccs3)n2)cc1C(F)(F)F. The lowest BCUT2D eigenvalue weighted by Gasteiger charge is -2.08. The second kappa shape index (κ2) is 4.96. The molecule has 0 spiro atoms. The fourth-order valence-corrected chi connectivity index (χ4v) is 2.46. The molecule has 1 aromatic carbocycles. The third-order valence-corrected chi connectivity index (χ3v) is 3.65. The van der Waals surface area contributed by atoms with Gasteiger partial charge in [0, 0.05) is 5.56 Å². The lowest BCUT2D eigenvalue weighted by atomic mass is 10.1. The molecule has 0 fully saturated rings. The Bertz CT molecular complexity index is 762. The minimum atomic E-state index is -4.76. The number of alkyl halides is 3. The number of halogens is 4. The van der Waals surface area contributed by atoms with E-state index in [9.17, 15) is 17.6 Å². The first kappa shape index (κ1) is 13.7. The summed E-state index contributed by atoms with van der Waals surface area (Å²) in [5.74, 6) is -0.776. The zero-order valence-electron chi connectivity index (χ0n) is 10.3. The molecule has 0 aliphatic rings. The zero-order valence-corrected chi connectivity index (χ0v) is 11.1. The molecule has 0 aliphatic carbocycles. The minimum absolute atomic E-state index is 0.0869. The van der Waals surface area contributed by atoms with Crippen molar-refractivity contribution < 1.29 is 17.6 Å². The molecular formula is C13H7F4N3S. The van der Waals surface area contributed by atoms with Crippen LogP contribution in [0.25, 0.3) is 22.1 Å². The number of H-pyrrole nitrogens is 1. The van der Waals surface area contributed by atoms with Crippen molar-refractivity contribution in [2.75, 3.05) is 0 Å². The Balaban J connectivity index is 2.02. The van der Waals surface area contributed by atoms with Crippen LogP contribution in [-0.2, 0) is 6.18 Å². The zero-order chi connectivity index (χ0) is 15.0. The van der Waals surface area contributed by atoms with E-state index in [-0.39, 0.29) is 11.4 Å². The number of aromatic amines is 1. The maximum Gasteiger partial charge on any atom is 0.419 e. The van der Waals surface area contributed by atoms with Crippen LogP contribution in [-0.4, -0.2) is 15.2 Å². The van der Waals surface area contributed by atoms with Crippen LogP contribution in [0.4, 0.5) is 17.6 Å². The van der Waals surface area contributed by atoms with Crippen molar-refractivity contribution in [3.05, 3.63) is 47.1 Å². The summed E-state index contributed by atoms with van der Waals surface area (Å²) in [6.07, 6.45) is -4.76. The first-order valence-corrected chi connectivity index (χ1v) is 6.66. The summed E-state index contributed by atoms with van der Waals surface area (Å²) in [4.78, 5) is 4.94. The fraction of sp³-hybridized carbons (Fsp3) is 0.0769. The van der Waals surface area contributed by atoms with E-state index in [0.717, 1.165) is 10.9 Å². The molecule has 21 heavy (non-hydrogen) atoms. The predicted molar refractivity (Wildman–Crippen MR) is 70.1 cm³/mol. The van der Waals surface area contributed by atoms with Gasteiger partial charge in [0.2, 0.25) is 0 Å². The summed E-state index contributed by atoms with van der Waals surface area (Å²) < 4.78 is 51.3. The van der Waals surface area contributed by atoms with Crippen LogP contribution in [0.2, 0.25) is 0 Å². The average Bonchev–Trinajstić information content (AvgIpc) is 3.09. The second-order valence-corrected chi connectivity index (χ2v) is 5.13. The van der Waals surface area contributed by atoms with Crippen LogP contribution in [0.15, 0.2) is 35.7 Å². The lowest BCUT2D eigenvalue weighted by Crippen LogP contribution is -2.08. The molecule has 0 amide bonds. The van der Waals surface area contributed by atoms with Crippen molar-refractivity contribution in [3.8, 4) is 22.1 Å². The van der Waals surface area contributed by atoms with Crippen molar-refractivity contribution >= 4 is 11.3 Å². The summed E-state index contributed by atoms with van der Waals surface area (Å²) in [5.41, 5.74) is -1.23. The van der Waals surface area contributed by atoms with Crippen LogP contribution >= 0.6 is 11.3 Å². The normalized spacial score (nSPS) is 11.8. The van der Waals surface area contributed by atoms with Gasteiger partial charge in [0.25, 0.3) is 0 Å². The van der Waals surface area contributed by atoms with Crippen molar-refractivity contribution in [1.82, 2.24) is 15.2 Å². The van der Waals surface area contributed by atoms with Gasteiger partial charge in [-0.2, -0.15) is 18.3 Å². The number of thiophene rings is 1. The van der Waals surface area contributed by atoms with Crippen LogP contribution in [0.5, 0.6) is 0 Å². The Morgan fingerprint density at radius 2 is 1.95 bits per heavy atom. The largest absolute Gasteiger partial charge is 0.419 e. The highest BCUT2D eigenvalue weighted by Crippen LogP contribution is 2.34. The van der Waals surface area contributed by atoms with E-state index in [1.54, 1.807) is 6.07 Å². The molecule has 0 unspecified atom stereocenters. The Labute approximate surface area is 120 Å². The van der Waals surface area contributed by atoms with Crippen molar-refractivity contribution in [3.63, 3.8) is 0 Å². The number of benzene rings is 1. The first-order chi connectivity index (χ1) is 9.95. The van der Waals surface area contributed by atoms with E-state index in [1.807, 2.05) is 11.4 Å². The number of aromatic nitrogens is 3. The molecule has 2 heterocycles. The number of rotatable bonds is 2. The van der Waals surface area contributed by atoms with E-state index in [4.69, 9.17) is 0 Å². The standard InChI is InChI=1S/C13H7F4N3S/c14-9-4-3-7(6-8(9)13(15,16)17)11-18-12(20-19-11)10-2-1-5-21-10/h1-6H,(H,18,19,20). The highest BCUT2D eigenvalue weighted by molar-refractivity contribution is 7.13. The first-order valence-electron chi connectivity index (χ1n) is 5.78. The van der Waals surface area contributed by atoms with Crippen LogP contribution < -0.4 is 0 Å². The third-order valence-electron chi connectivity index (χ3n) is 2.77. The number of hydrogen-bond acceptors (Lipinski definition) is 3. The molecule has 2 aromatic heterocycles. The number of hydrogen-bond donors (Lipinski definition) is 1. The van der Waals surface area contributed by atoms with Gasteiger partial charge in [0.05, 0.1) is 10.4 Å². The molecule has 1 N–H and O–H groups in total. The van der Waals surface area contributed by atoms with Crippen molar-refractivity contribution in [2.24, 2.45) is 0 Å². The minimum Gasteiger partial charge on any atom is -0.258 e. The molecule has 108 valence electrons. The maximum absolute atomic E-state index is 13.2. The molecule has 0 atom stereocenters. The van der Waals surface area contributed by atoms with E-state index in [2.05, 4.69) is 15.2 Å². The fourth-order valence-electron chi connectivity index (χ4n) is 1.80. The monoisotopic (exact) mass is 313 g/mol.